The van der Waals surface area contributed by atoms with E-state index in [1.54, 1.807) is 18.2 Å². The molecule has 1 aliphatic rings. The molecule has 1 amide bonds. The highest BCUT2D eigenvalue weighted by Crippen LogP contribution is 2.33. The Morgan fingerprint density at radius 1 is 1.35 bits per heavy atom. The highest BCUT2D eigenvalue weighted by Gasteiger charge is 2.28. The van der Waals surface area contributed by atoms with E-state index in [2.05, 4.69) is 5.32 Å². The normalized spacial score (nSPS) is 20.8. The minimum Gasteiger partial charge on any atom is -0.352 e. The number of sulfone groups is 1. The van der Waals surface area contributed by atoms with Crippen LogP contribution in [0.1, 0.15) is 6.42 Å². The van der Waals surface area contributed by atoms with Crippen LogP contribution in [-0.2, 0) is 14.6 Å². The third-order valence-electron chi connectivity index (χ3n) is 2.86. The van der Waals surface area contributed by atoms with Gasteiger partial charge in [-0.2, -0.15) is 0 Å². The van der Waals surface area contributed by atoms with E-state index in [1.807, 2.05) is 0 Å². The topological polar surface area (TPSA) is 63.2 Å². The van der Waals surface area contributed by atoms with E-state index in [9.17, 15) is 13.2 Å². The lowest BCUT2D eigenvalue weighted by molar-refractivity contribution is -0.119. The largest absolute Gasteiger partial charge is 0.352 e. The van der Waals surface area contributed by atoms with Crippen molar-refractivity contribution >= 4 is 50.7 Å². The van der Waals surface area contributed by atoms with Crippen LogP contribution >= 0.6 is 35.0 Å². The Hall–Kier alpha value is -0.430. The molecule has 8 heteroatoms. The maximum atomic E-state index is 11.8. The van der Waals surface area contributed by atoms with Crippen molar-refractivity contribution in [2.75, 3.05) is 17.3 Å². The van der Waals surface area contributed by atoms with Crippen molar-refractivity contribution in [3.05, 3.63) is 28.2 Å². The van der Waals surface area contributed by atoms with Gasteiger partial charge >= 0.3 is 0 Å². The van der Waals surface area contributed by atoms with Gasteiger partial charge in [-0.25, -0.2) is 8.42 Å². The second-order valence-corrected chi connectivity index (χ2v) is 8.54. The molecule has 0 saturated carbocycles. The lowest BCUT2D eigenvalue weighted by atomic mass is 10.3. The second-order valence-electron chi connectivity index (χ2n) is 4.51. The molecule has 1 atom stereocenters. The first-order valence-corrected chi connectivity index (χ1v) is 9.50. The molecule has 20 heavy (non-hydrogen) atoms. The lowest BCUT2D eigenvalue weighted by Gasteiger charge is -2.11. The maximum Gasteiger partial charge on any atom is 0.230 e. The molecule has 2 rings (SSSR count). The Kier molecular flexibility index (Phi) is 5.23. The molecule has 1 aromatic rings. The van der Waals surface area contributed by atoms with Crippen LogP contribution in [0.5, 0.6) is 0 Å². The van der Waals surface area contributed by atoms with Gasteiger partial charge in [-0.3, -0.25) is 4.79 Å². The highest BCUT2D eigenvalue weighted by atomic mass is 35.5. The van der Waals surface area contributed by atoms with Crippen molar-refractivity contribution in [3.63, 3.8) is 0 Å². The first-order valence-electron chi connectivity index (χ1n) is 5.94. The van der Waals surface area contributed by atoms with Crippen LogP contribution in [0.2, 0.25) is 10.0 Å². The van der Waals surface area contributed by atoms with Crippen LogP contribution in [0, 0.1) is 0 Å². The van der Waals surface area contributed by atoms with Crippen molar-refractivity contribution in [3.8, 4) is 0 Å². The quantitative estimate of drug-likeness (QED) is 0.844. The second kappa shape index (κ2) is 6.56. The first-order chi connectivity index (χ1) is 9.37. The third kappa shape index (κ3) is 4.28. The van der Waals surface area contributed by atoms with E-state index in [1.165, 1.54) is 11.8 Å². The van der Waals surface area contributed by atoms with Gasteiger partial charge in [-0.1, -0.05) is 29.3 Å². The van der Waals surface area contributed by atoms with Crippen LogP contribution in [-0.4, -0.2) is 37.6 Å². The lowest BCUT2D eigenvalue weighted by Crippen LogP contribution is -2.36. The van der Waals surface area contributed by atoms with Crippen LogP contribution in [0.4, 0.5) is 0 Å². The molecule has 0 aromatic heterocycles. The highest BCUT2D eigenvalue weighted by molar-refractivity contribution is 8.00. The van der Waals surface area contributed by atoms with Gasteiger partial charge in [-0.05, 0) is 18.6 Å². The molecule has 110 valence electrons. The number of hydrogen-bond acceptors (Lipinski definition) is 4. The Bertz CT molecular complexity index is 599. The van der Waals surface area contributed by atoms with Gasteiger partial charge in [0.1, 0.15) is 0 Å². The number of thioether (sulfide) groups is 1. The number of amides is 1. The number of carbonyl (C=O) groups is 1. The third-order valence-corrected chi connectivity index (χ3v) is 6.62. The van der Waals surface area contributed by atoms with Gasteiger partial charge in [0.2, 0.25) is 5.91 Å². The zero-order valence-corrected chi connectivity index (χ0v) is 13.6. The number of carbonyl (C=O) groups excluding carboxylic acids is 1. The van der Waals surface area contributed by atoms with Crippen LogP contribution in [0.3, 0.4) is 0 Å². The van der Waals surface area contributed by atoms with Crippen molar-refractivity contribution in [1.82, 2.24) is 5.32 Å². The van der Waals surface area contributed by atoms with Gasteiger partial charge in [-0.15, -0.1) is 11.8 Å². The van der Waals surface area contributed by atoms with Crippen LogP contribution in [0.15, 0.2) is 23.1 Å². The van der Waals surface area contributed by atoms with E-state index in [-0.39, 0.29) is 29.2 Å². The fraction of sp³-hybridized carbons (Fsp3) is 0.417. The molecule has 0 spiro atoms. The van der Waals surface area contributed by atoms with E-state index >= 15 is 0 Å². The number of rotatable bonds is 4. The van der Waals surface area contributed by atoms with Gasteiger partial charge < -0.3 is 5.32 Å². The fourth-order valence-corrected chi connectivity index (χ4v) is 5.11. The Balaban J connectivity index is 1.87. The van der Waals surface area contributed by atoms with E-state index in [4.69, 9.17) is 23.2 Å². The van der Waals surface area contributed by atoms with Gasteiger partial charge in [0, 0.05) is 10.9 Å². The van der Waals surface area contributed by atoms with Crippen molar-refractivity contribution < 1.29 is 13.2 Å². The Morgan fingerprint density at radius 2 is 2.00 bits per heavy atom. The smallest absolute Gasteiger partial charge is 0.230 e. The Morgan fingerprint density at radius 3 is 2.55 bits per heavy atom. The maximum absolute atomic E-state index is 11.8. The summed E-state index contributed by atoms with van der Waals surface area (Å²) in [6.45, 7) is 0. The SMILES string of the molecule is O=C(CSc1c(Cl)cccc1Cl)N[C@@H]1CCS(=O)(=O)C1. The van der Waals surface area contributed by atoms with Crippen molar-refractivity contribution in [1.29, 1.82) is 0 Å². The minimum absolute atomic E-state index is 0.0241. The zero-order valence-electron chi connectivity index (χ0n) is 10.4. The summed E-state index contributed by atoms with van der Waals surface area (Å²) in [5, 5.41) is 3.72. The Labute approximate surface area is 132 Å². The average molecular weight is 354 g/mol. The van der Waals surface area contributed by atoms with Crippen LogP contribution < -0.4 is 5.32 Å². The summed E-state index contributed by atoms with van der Waals surface area (Å²) >= 11 is 13.2. The van der Waals surface area contributed by atoms with Gasteiger partial charge in [0.25, 0.3) is 0 Å². The van der Waals surface area contributed by atoms with E-state index < -0.39 is 9.84 Å². The average Bonchev–Trinajstić information content (AvgIpc) is 2.68. The summed E-state index contributed by atoms with van der Waals surface area (Å²) in [5.41, 5.74) is 0. The summed E-state index contributed by atoms with van der Waals surface area (Å²) in [6.07, 6.45) is 0.478. The molecule has 0 radical (unpaired) electrons. The molecule has 1 aliphatic heterocycles. The molecule has 0 aliphatic carbocycles. The summed E-state index contributed by atoms with van der Waals surface area (Å²) in [4.78, 5) is 12.5. The summed E-state index contributed by atoms with van der Waals surface area (Å²) in [7, 11) is -2.99. The van der Waals surface area contributed by atoms with Gasteiger partial charge in [0.05, 0.1) is 27.3 Å². The predicted octanol–water partition coefficient (Wildman–Crippen LogP) is 2.39. The van der Waals surface area contributed by atoms with Crippen LogP contribution in [0.25, 0.3) is 0 Å². The fourth-order valence-electron chi connectivity index (χ4n) is 1.94. The predicted molar refractivity (Wildman–Crippen MR) is 82.4 cm³/mol. The molecule has 1 aromatic carbocycles. The van der Waals surface area contributed by atoms with Crippen molar-refractivity contribution in [2.45, 2.75) is 17.4 Å². The summed E-state index contributed by atoms with van der Waals surface area (Å²) in [5.74, 6) is 0.102. The zero-order chi connectivity index (χ0) is 14.8. The monoisotopic (exact) mass is 353 g/mol. The molecule has 0 bridgehead atoms. The minimum atomic E-state index is -2.99. The van der Waals surface area contributed by atoms with E-state index in [0.29, 0.717) is 21.4 Å². The molecule has 1 N–H and O–H groups in total. The van der Waals surface area contributed by atoms with E-state index in [0.717, 1.165) is 0 Å². The molecule has 1 saturated heterocycles. The van der Waals surface area contributed by atoms with Crippen molar-refractivity contribution in [2.24, 2.45) is 0 Å². The number of hydrogen-bond donors (Lipinski definition) is 1. The molecule has 4 nitrogen and oxygen atoms in total. The van der Waals surface area contributed by atoms with Gasteiger partial charge in [0.15, 0.2) is 9.84 Å². The molecule has 1 heterocycles. The number of benzene rings is 1. The summed E-state index contributed by atoms with van der Waals surface area (Å²) in [6, 6.07) is 4.86. The number of halogens is 2. The molecular weight excluding hydrogens is 341 g/mol. The number of nitrogens with one attached hydrogen (secondary N) is 1. The molecule has 0 unspecified atom stereocenters. The summed E-state index contributed by atoms with van der Waals surface area (Å²) < 4.78 is 22.6. The molecular formula is C12H13Cl2NO3S2. The molecule has 1 fully saturated rings. The first kappa shape index (κ1) is 15.9. The standard InChI is InChI=1S/C12H13Cl2NO3S2/c13-9-2-1-3-10(14)12(9)19-6-11(16)15-8-4-5-20(17,18)7-8/h1-3,8H,4-7H2,(H,15,16)/t8-/m1/s1.